The van der Waals surface area contributed by atoms with Gasteiger partial charge in [0.25, 0.3) is 0 Å². The molecule has 0 spiro atoms. The predicted octanol–water partition coefficient (Wildman–Crippen LogP) is 9.66. The summed E-state index contributed by atoms with van der Waals surface area (Å²) in [6.45, 7) is 0. The molecule has 1 N–H and O–H groups in total. The summed E-state index contributed by atoms with van der Waals surface area (Å²) in [7, 11) is 0. The molecule has 158 valence electrons. The predicted molar refractivity (Wildman–Crippen MR) is 149 cm³/mol. The van der Waals surface area contributed by atoms with Gasteiger partial charge in [0.2, 0.25) is 0 Å². The van der Waals surface area contributed by atoms with E-state index in [1.807, 2.05) is 11.3 Å². The minimum absolute atomic E-state index is 1.19. The number of hydrogen-bond donors (Lipinski definition) is 1. The number of para-hydroxylation sites is 1. The van der Waals surface area contributed by atoms with Crippen LogP contribution in [0.1, 0.15) is 0 Å². The van der Waals surface area contributed by atoms with E-state index in [9.17, 15) is 0 Å². The van der Waals surface area contributed by atoms with E-state index in [4.69, 9.17) is 0 Å². The van der Waals surface area contributed by atoms with Crippen LogP contribution in [0.3, 0.4) is 0 Å². The Balaban J connectivity index is 1.41. The molecule has 2 heterocycles. The largest absolute Gasteiger partial charge is 0.354 e. The van der Waals surface area contributed by atoms with Crippen LogP contribution in [-0.4, -0.2) is 4.98 Å². The number of rotatable bonds is 1. The quantitative estimate of drug-likeness (QED) is 0.257. The third-order valence-electron chi connectivity index (χ3n) is 7.20. The third kappa shape index (κ3) is 2.43. The molecule has 0 aliphatic carbocycles. The van der Waals surface area contributed by atoms with Crippen molar-refractivity contribution in [3.8, 4) is 11.1 Å². The van der Waals surface area contributed by atoms with Gasteiger partial charge in [0.15, 0.2) is 0 Å². The standard InChI is InChI=1S/C32H19NS/c1-3-8-22-19(6-1)13-16-27-30(22)26-11-5-10-24(32(26)33-27)21-12-15-25-29(18-21)34-28-17-14-20-7-2-4-9-23(20)31(25)28/h1-18,33H. The monoisotopic (exact) mass is 449 g/mol. The molecule has 2 heteroatoms. The van der Waals surface area contributed by atoms with Gasteiger partial charge in [0, 0.05) is 42.0 Å². The van der Waals surface area contributed by atoms with Crippen LogP contribution >= 0.6 is 11.3 Å². The molecule has 8 rings (SSSR count). The molecule has 0 radical (unpaired) electrons. The molecule has 0 aliphatic rings. The Morgan fingerprint density at radius 2 is 1.24 bits per heavy atom. The SMILES string of the molecule is c1ccc2c(c1)ccc1[nH]c3c(-c4ccc5c(c4)sc4ccc6ccccc6c45)cccc3c12. The molecule has 0 atom stereocenters. The van der Waals surface area contributed by atoms with E-state index in [-0.39, 0.29) is 0 Å². The lowest BCUT2D eigenvalue weighted by Gasteiger charge is -2.05. The smallest absolute Gasteiger partial charge is 0.0544 e. The molecule has 0 amide bonds. The van der Waals surface area contributed by atoms with Gasteiger partial charge in [0.1, 0.15) is 0 Å². The molecule has 8 aromatic rings. The number of fused-ring (bicyclic) bond motifs is 10. The highest BCUT2D eigenvalue weighted by molar-refractivity contribution is 7.26. The van der Waals surface area contributed by atoms with E-state index < -0.39 is 0 Å². The first-order chi connectivity index (χ1) is 16.8. The number of aromatic nitrogens is 1. The molecule has 1 nitrogen and oxygen atoms in total. The van der Waals surface area contributed by atoms with Crippen LogP contribution in [-0.2, 0) is 0 Å². The maximum absolute atomic E-state index is 3.74. The van der Waals surface area contributed by atoms with Crippen molar-refractivity contribution < 1.29 is 0 Å². The van der Waals surface area contributed by atoms with E-state index in [1.165, 1.54) is 74.6 Å². The fraction of sp³-hybridized carbons (Fsp3) is 0. The van der Waals surface area contributed by atoms with Gasteiger partial charge < -0.3 is 4.98 Å². The number of aromatic amines is 1. The molecule has 34 heavy (non-hydrogen) atoms. The molecule has 0 fully saturated rings. The van der Waals surface area contributed by atoms with Crippen molar-refractivity contribution in [3.05, 3.63) is 109 Å². The lowest BCUT2D eigenvalue weighted by atomic mass is 9.98. The first-order valence-corrected chi connectivity index (χ1v) is 12.4. The second-order valence-electron chi connectivity index (χ2n) is 9.04. The van der Waals surface area contributed by atoms with Gasteiger partial charge >= 0.3 is 0 Å². The number of hydrogen-bond acceptors (Lipinski definition) is 1. The number of nitrogens with one attached hydrogen (secondary N) is 1. The van der Waals surface area contributed by atoms with Crippen LogP contribution in [0.4, 0.5) is 0 Å². The van der Waals surface area contributed by atoms with Gasteiger partial charge in [-0.05, 0) is 45.3 Å². The van der Waals surface area contributed by atoms with Crippen LogP contribution in [0.15, 0.2) is 109 Å². The average molecular weight is 450 g/mol. The summed E-state index contributed by atoms with van der Waals surface area (Å²) in [5, 5.41) is 10.5. The Labute approximate surface area is 199 Å². The zero-order valence-corrected chi connectivity index (χ0v) is 19.1. The Bertz CT molecular complexity index is 2070. The molecule has 0 unspecified atom stereocenters. The van der Waals surface area contributed by atoms with Crippen LogP contribution in [0.25, 0.3) is 74.6 Å². The normalized spacial score (nSPS) is 12.1. The lowest BCUT2D eigenvalue weighted by Crippen LogP contribution is -1.80. The zero-order valence-electron chi connectivity index (χ0n) is 18.3. The van der Waals surface area contributed by atoms with Crippen molar-refractivity contribution in [2.75, 3.05) is 0 Å². The van der Waals surface area contributed by atoms with Gasteiger partial charge in [-0.25, -0.2) is 0 Å². The molecule has 2 aromatic heterocycles. The van der Waals surface area contributed by atoms with Crippen molar-refractivity contribution in [1.29, 1.82) is 0 Å². The van der Waals surface area contributed by atoms with Crippen molar-refractivity contribution in [2.24, 2.45) is 0 Å². The van der Waals surface area contributed by atoms with Crippen molar-refractivity contribution in [2.45, 2.75) is 0 Å². The molecule has 0 saturated carbocycles. The summed E-state index contributed by atoms with van der Waals surface area (Å²) < 4.78 is 2.68. The Kier molecular flexibility index (Phi) is 3.60. The van der Waals surface area contributed by atoms with Crippen LogP contribution in [0.5, 0.6) is 0 Å². The van der Waals surface area contributed by atoms with Gasteiger partial charge in [-0.2, -0.15) is 0 Å². The fourth-order valence-electron chi connectivity index (χ4n) is 5.65. The molecular formula is C32H19NS. The van der Waals surface area contributed by atoms with Crippen molar-refractivity contribution in [1.82, 2.24) is 4.98 Å². The zero-order chi connectivity index (χ0) is 22.2. The summed E-state index contributed by atoms with van der Waals surface area (Å²) in [6.07, 6.45) is 0. The second kappa shape index (κ2) is 6.69. The Morgan fingerprint density at radius 3 is 2.09 bits per heavy atom. The summed E-state index contributed by atoms with van der Waals surface area (Å²) >= 11 is 1.89. The number of benzene rings is 6. The maximum atomic E-state index is 3.74. The van der Waals surface area contributed by atoms with Crippen LogP contribution < -0.4 is 0 Å². The highest BCUT2D eigenvalue weighted by Crippen LogP contribution is 2.42. The van der Waals surface area contributed by atoms with Gasteiger partial charge in [-0.3, -0.25) is 0 Å². The minimum Gasteiger partial charge on any atom is -0.354 e. The molecule has 6 aromatic carbocycles. The second-order valence-corrected chi connectivity index (χ2v) is 10.1. The van der Waals surface area contributed by atoms with E-state index in [2.05, 4.69) is 114 Å². The van der Waals surface area contributed by atoms with E-state index >= 15 is 0 Å². The highest BCUT2D eigenvalue weighted by Gasteiger charge is 2.14. The van der Waals surface area contributed by atoms with Crippen LogP contribution in [0, 0.1) is 0 Å². The summed E-state index contributed by atoms with van der Waals surface area (Å²) in [6, 6.07) is 39.9. The van der Waals surface area contributed by atoms with Gasteiger partial charge in [0.05, 0.1) is 5.52 Å². The van der Waals surface area contributed by atoms with E-state index in [0.717, 1.165) is 0 Å². The van der Waals surface area contributed by atoms with Crippen molar-refractivity contribution >= 4 is 74.9 Å². The van der Waals surface area contributed by atoms with Gasteiger partial charge in [-0.1, -0.05) is 91.0 Å². The third-order valence-corrected chi connectivity index (χ3v) is 8.31. The summed E-state index contributed by atoms with van der Waals surface area (Å²) in [4.78, 5) is 3.74. The number of thiophene rings is 1. The number of H-pyrrole nitrogens is 1. The molecular weight excluding hydrogens is 430 g/mol. The molecule has 0 bridgehead atoms. The van der Waals surface area contributed by atoms with E-state index in [1.54, 1.807) is 0 Å². The fourth-order valence-corrected chi connectivity index (χ4v) is 6.81. The maximum Gasteiger partial charge on any atom is 0.0544 e. The first-order valence-electron chi connectivity index (χ1n) is 11.6. The lowest BCUT2D eigenvalue weighted by molar-refractivity contribution is 1.54. The molecule has 0 saturated heterocycles. The highest BCUT2D eigenvalue weighted by atomic mass is 32.1. The van der Waals surface area contributed by atoms with E-state index in [0.29, 0.717) is 0 Å². The van der Waals surface area contributed by atoms with Gasteiger partial charge in [-0.15, -0.1) is 11.3 Å². The first kappa shape index (κ1) is 18.3. The molecule has 0 aliphatic heterocycles. The van der Waals surface area contributed by atoms with Crippen molar-refractivity contribution in [3.63, 3.8) is 0 Å². The summed E-state index contributed by atoms with van der Waals surface area (Å²) in [5.74, 6) is 0. The Morgan fingerprint density at radius 1 is 0.500 bits per heavy atom. The topological polar surface area (TPSA) is 15.8 Å². The summed E-state index contributed by atoms with van der Waals surface area (Å²) in [5.41, 5.74) is 4.90. The Hall–Kier alpha value is -4.14. The minimum atomic E-state index is 1.19. The average Bonchev–Trinajstić information content (AvgIpc) is 3.46. The van der Waals surface area contributed by atoms with Crippen LogP contribution in [0.2, 0.25) is 0 Å².